The first kappa shape index (κ1) is 17.3. The van der Waals surface area contributed by atoms with E-state index in [0.29, 0.717) is 19.0 Å². The van der Waals surface area contributed by atoms with Gasteiger partial charge in [0.25, 0.3) is 5.91 Å². The van der Waals surface area contributed by atoms with Gasteiger partial charge >= 0.3 is 0 Å². The topological polar surface area (TPSA) is 42.4 Å². The number of amides is 1. The normalized spacial score (nSPS) is 17.1. The number of benzene rings is 1. The van der Waals surface area contributed by atoms with Crippen molar-refractivity contribution in [1.82, 2.24) is 9.88 Å². The van der Waals surface area contributed by atoms with E-state index in [-0.39, 0.29) is 12.0 Å². The molecule has 4 nitrogen and oxygen atoms in total. The third-order valence-electron chi connectivity index (χ3n) is 3.84. The van der Waals surface area contributed by atoms with E-state index in [0.717, 1.165) is 27.1 Å². The first-order valence-electron chi connectivity index (χ1n) is 7.96. The molecule has 1 atom stereocenters. The van der Waals surface area contributed by atoms with Gasteiger partial charge in [0, 0.05) is 34.6 Å². The number of halogens is 1. The lowest BCUT2D eigenvalue weighted by Crippen LogP contribution is -2.31. The van der Waals surface area contributed by atoms with E-state index in [2.05, 4.69) is 27.8 Å². The van der Waals surface area contributed by atoms with Crippen molar-refractivity contribution in [2.45, 2.75) is 24.3 Å². The van der Waals surface area contributed by atoms with Gasteiger partial charge in [-0.25, -0.2) is 4.98 Å². The van der Waals surface area contributed by atoms with Crippen molar-refractivity contribution in [1.29, 1.82) is 0 Å². The van der Waals surface area contributed by atoms with Gasteiger partial charge in [-0.15, -0.1) is 11.8 Å². The van der Waals surface area contributed by atoms with Crippen LogP contribution in [-0.2, 0) is 0 Å². The summed E-state index contributed by atoms with van der Waals surface area (Å²) in [7, 11) is 0. The summed E-state index contributed by atoms with van der Waals surface area (Å²) in [5.74, 6) is 1.63. The molecule has 1 amide bonds. The molecular weight excluding hydrogens is 388 g/mol. The van der Waals surface area contributed by atoms with Crippen LogP contribution in [0.25, 0.3) is 0 Å². The lowest BCUT2D eigenvalue weighted by molar-refractivity contribution is 0.0768. The average Bonchev–Trinajstić information content (AvgIpc) is 3.06. The SMILES string of the molecule is CCSc1ccccc1C(=O)N1CCC(Oc2ccc(Br)cn2)C1. The summed E-state index contributed by atoms with van der Waals surface area (Å²) in [4.78, 5) is 20.0. The van der Waals surface area contributed by atoms with Gasteiger partial charge in [0.15, 0.2) is 0 Å². The maximum absolute atomic E-state index is 12.8. The zero-order valence-electron chi connectivity index (χ0n) is 13.4. The van der Waals surface area contributed by atoms with E-state index < -0.39 is 0 Å². The van der Waals surface area contributed by atoms with Crippen molar-refractivity contribution in [3.05, 3.63) is 52.6 Å². The highest BCUT2D eigenvalue weighted by molar-refractivity contribution is 9.10. The number of rotatable bonds is 5. The summed E-state index contributed by atoms with van der Waals surface area (Å²) in [6.45, 7) is 3.41. The molecule has 0 radical (unpaired) electrons. The van der Waals surface area contributed by atoms with Crippen LogP contribution >= 0.6 is 27.7 Å². The quantitative estimate of drug-likeness (QED) is 0.695. The van der Waals surface area contributed by atoms with Crippen LogP contribution < -0.4 is 4.74 Å². The molecule has 0 bridgehead atoms. The molecule has 1 saturated heterocycles. The average molecular weight is 407 g/mol. The molecule has 0 aliphatic carbocycles. The highest BCUT2D eigenvalue weighted by atomic mass is 79.9. The van der Waals surface area contributed by atoms with Crippen molar-refractivity contribution in [3.8, 4) is 5.88 Å². The summed E-state index contributed by atoms with van der Waals surface area (Å²) in [5, 5.41) is 0. The minimum Gasteiger partial charge on any atom is -0.472 e. The Labute approximate surface area is 154 Å². The molecule has 1 unspecified atom stereocenters. The fourth-order valence-electron chi connectivity index (χ4n) is 2.71. The van der Waals surface area contributed by atoms with Crippen LogP contribution in [0.3, 0.4) is 0 Å². The lowest BCUT2D eigenvalue weighted by Gasteiger charge is -2.18. The molecule has 6 heteroatoms. The Kier molecular flexibility index (Phi) is 5.79. The molecule has 0 N–H and O–H groups in total. The third kappa shape index (κ3) is 4.11. The molecule has 1 aliphatic rings. The largest absolute Gasteiger partial charge is 0.472 e. The zero-order valence-corrected chi connectivity index (χ0v) is 15.8. The Morgan fingerprint density at radius 3 is 2.96 bits per heavy atom. The molecule has 126 valence electrons. The van der Waals surface area contributed by atoms with E-state index >= 15 is 0 Å². The molecular formula is C18H19BrN2O2S. The van der Waals surface area contributed by atoms with Crippen LogP contribution in [0.4, 0.5) is 0 Å². The number of carbonyl (C=O) groups is 1. The molecule has 1 aliphatic heterocycles. The van der Waals surface area contributed by atoms with Crippen molar-refractivity contribution in [2.24, 2.45) is 0 Å². The second-order valence-corrected chi connectivity index (χ2v) is 7.75. The molecule has 0 spiro atoms. The number of aromatic nitrogens is 1. The van der Waals surface area contributed by atoms with Gasteiger partial charge in [-0.1, -0.05) is 19.1 Å². The second-order valence-electron chi connectivity index (χ2n) is 5.52. The minimum atomic E-state index is -0.00591. The minimum absolute atomic E-state index is 0.00591. The molecule has 2 heterocycles. The van der Waals surface area contributed by atoms with Gasteiger partial charge in [0.1, 0.15) is 6.10 Å². The number of hydrogen-bond donors (Lipinski definition) is 0. The fraction of sp³-hybridized carbons (Fsp3) is 0.333. The Bertz CT molecular complexity index is 708. The summed E-state index contributed by atoms with van der Waals surface area (Å²) >= 11 is 5.06. The third-order valence-corrected chi connectivity index (χ3v) is 5.26. The van der Waals surface area contributed by atoms with Crippen LogP contribution in [0, 0.1) is 0 Å². The monoisotopic (exact) mass is 406 g/mol. The van der Waals surface area contributed by atoms with E-state index in [9.17, 15) is 4.79 Å². The molecule has 1 aromatic carbocycles. The van der Waals surface area contributed by atoms with E-state index in [1.54, 1.807) is 18.0 Å². The van der Waals surface area contributed by atoms with Gasteiger partial charge in [-0.2, -0.15) is 0 Å². The number of pyridine rings is 1. The fourth-order valence-corrected chi connectivity index (χ4v) is 3.74. The predicted molar refractivity (Wildman–Crippen MR) is 99.7 cm³/mol. The molecule has 0 saturated carbocycles. The summed E-state index contributed by atoms with van der Waals surface area (Å²) in [6, 6.07) is 11.6. The maximum atomic E-state index is 12.8. The predicted octanol–water partition coefficient (Wildman–Crippen LogP) is 4.25. The maximum Gasteiger partial charge on any atom is 0.255 e. The number of nitrogens with zero attached hydrogens (tertiary/aromatic N) is 2. The number of thioether (sulfide) groups is 1. The van der Waals surface area contributed by atoms with E-state index in [1.807, 2.05) is 41.3 Å². The standard InChI is InChI=1S/C18H19BrN2O2S/c1-2-24-16-6-4-3-5-15(16)18(22)21-10-9-14(12-21)23-17-8-7-13(19)11-20-17/h3-8,11,14H,2,9-10,12H2,1H3. The van der Waals surface area contributed by atoms with Crippen molar-refractivity contribution in [3.63, 3.8) is 0 Å². The van der Waals surface area contributed by atoms with Gasteiger partial charge in [0.2, 0.25) is 5.88 Å². The molecule has 3 rings (SSSR count). The van der Waals surface area contributed by atoms with Crippen LogP contribution in [0.15, 0.2) is 52.0 Å². The van der Waals surface area contributed by atoms with Gasteiger partial charge in [-0.3, -0.25) is 4.79 Å². The number of carbonyl (C=O) groups excluding carboxylic acids is 1. The molecule has 2 aromatic rings. The number of ether oxygens (including phenoxy) is 1. The Balaban J connectivity index is 1.65. The van der Waals surface area contributed by atoms with Gasteiger partial charge in [-0.05, 0) is 39.9 Å². The van der Waals surface area contributed by atoms with Crippen molar-refractivity contribution < 1.29 is 9.53 Å². The van der Waals surface area contributed by atoms with E-state index in [4.69, 9.17) is 4.74 Å². The summed E-state index contributed by atoms with van der Waals surface area (Å²) < 4.78 is 6.81. The van der Waals surface area contributed by atoms with Crippen LogP contribution in [-0.4, -0.2) is 40.7 Å². The molecule has 1 fully saturated rings. The second kappa shape index (κ2) is 8.03. The molecule has 24 heavy (non-hydrogen) atoms. The summed E-state index contributed by atoms with van der Waals surface area (Å²) in [6.07, 6.45) is 2.53. The van der Waals surface area contributed by atoms with Crippen LogP contribution in [0.2, 0.25) is 0 Å². The highest BCUT2D eigenvalue weighted by Crippen LogP contribution is 2.25. The Morgan fingerprint density at radius 2 is 2.21 bits per heavy atom. The zero-order chi connectivity index (χ0) is 16.9. The Morgan fingerprint density at radius 1 is 1.38 bits per heavy atom. The Hall–Kier alpha value is -1.53. The van der Waals surface area contributed by atoms with Gasteiger partial charge in [0.05, 0.1) is 12.1 Å². The smallest absolute Gasteiger partial charge is 0.255 e. The number of likely N-dealkylation sites (tertiary alicyclic amines) is 1. The van der Waals surface area contributed by atoms with Crippen molar-refractivity contribution >= 4 is 33.6 Å². The molecule has 1 aromatic heterocycles. The van der Waals surface area contributed by atoms with E-state index in [1.165, 1.54) is 0 Å². The highest BCUT2D eigenvalue weighted by Gasteiger charge is 2.29. The van der Waals surface area contributed by atoms with Crippen molar-refractivity contribution in [2.75, 3.05) is 18.8 Å². The van der Waals surface area contributed by atoms with Crippen LogP contribution in [0.1, 0.15) is 23.7 Å². The lowest BCUT2D eigenvalue weighted by atomic mass is 10.2. The number of hydrogen-bond acceptors (Lipinski definition) is 4. The first-order valence-corrected chi connectivity index (χ1v) is 9.74. The first-order chi connectivity index (χ1) is 11.7. The summed E-state index contributed by atoms with van der Waals surface area (Å²) in [5.41, 5.74) is 0.784. The van der Waals surface area contributed by atoms with Gasteiger partial charge < -0.3 is 9.64 Å². The van der Waals surface area contributed by atoms with Crippen LogP contribution in [0.5, 0.6) is 5.88 Å².